The number of nitrogens with zero attached hydrogens (tertiary/aromatic N) is 1. The average Bonchev–Trinajstić information content (AvgIpc) is 2.69. The fraction of sp³-hybridized carbons (Fsp3) is 0.929. The molecule has 1 saturated carbocycles. The molecule has 0 bridgehead atoms. The Balaban J connectivity index is 1.88. The van der Waals surface area contributed by atoms with E-state index in [0.717, 1.165) is 5.92 Å². The summed E-state index contributed by atoms with van der Waals surface area (Å²) in [6.07, 6.45) is 8.81. The molecule has 4 heteroatoms. The zero-order chi connectivity index (χ0) is 13.0. The Morgan fingerprint density at radius 2 is 2.44 bits per heavy atom. The van der Waals surface area contributed by atoms with E-state index in [-0.39, 0.29) is 0 Å². The maximum absolute atomic E-state index is 4.84. The van der Waals surface area contributed by atoms with Gasteiger partial charge < -0.3 is 5.32 Å². The maximum Gasteiger partial charge on any atom is 0.157 e. The average molecular weight is 287 g/mol. The summed E-state index contributed by atoms with van der Waals surface area (Å²) in [6.45, 7) is 4.63. The molecule has 0 aromatic heterocycles. The van der Waals surface area contributed by atoms with E-state index in [2.05, 4.69) is 25.4 Å². The van der Waals surface area contributed by atoms with Gasteiger partial charge in [0.25, 0.3) is 0 Å². The first kappa shape index (κ1) is 14.6. The molecule has 0 radical (unpaired) electrons. The summed E-state index contributed by atoms with van der Waals surface area (Å²) in [6, 6.07) is 0.462. The molecule has 104 valence electrons. The number of rotatable bonds is 4. The fourth-order valence-electron chi connectivity index (χ4n) is 3.03. The van der Waals surface area contributed by atoms with Gasteiger partial charge in [-0.3, -0.25) is 4.99 Å². The van der Waals surface area contributed by atoms with Crippen LogP contribution in [-0.2, 0) is 0 Å². The van der Waals surface area contributed by atoms with Crippen LogP contribution in [0.5, 0.6) is 0 Å². The van der Waals surface area contributed by atoms with Crippen LogP contribution in [-0.4, -0.2) is 34.5 Å². The third-order valence-corrected chi connectivity index (χ3v) is 5.85. The molecule has 0 amide bonds. The second-order valence-electron chi connectivity index (χ2n) is 5.96. The molecule has 0 aromatic carbocycles. The molecule has 2 rings (SSSR count). The van der Waals surface area contributed by atoms with Crippen LogP contribution in [0.4, 0.5) is 0 Å². The van der Waals surface area contributed by atoms with Crippen molar-refractivity contribution in [3.05, 3.63) is 0 Å². The van der Waals surface area contributed by atoms with E-state index in [1.54, 1.807) is 0 Å². The molecule has 1 heterocycles. The van der Waals surface area contributed by atoms with Crippen LogP contribution in [0.2, 0.25) is 0 Å². The molecule has 3 atom stereocenters. The molecular weight excluding hydrogens is 260 g/mol. The van der Waals surface area contributed by atoms with E-state index >= 15 is 0 Å². The van der Waals surface area contributed by atoms with E-state index in [0.29, 0.717) is 11.6 Å². The highest BCUT2D eigenvalue weighted by Gasteiger charge is 2.40. The number of amidine groups is 1. The van der Waals surface area contributed by atoms with E-state index in [4.69, 9.17) is 4.99 Å². The van der Waals surface area contributed by atoms with Gasteiger partial charge in [0.1, 0.15) is 0 Å². The van der Waals surface area contributed by atoms with E-state index in [9.17, 15) is 0 Å². The van der Waals surface area contributed by atoms with E-state index in [1.165, 1.54) is 48.8 Å². The predicted molar refractivity (Wildman–Crippen MR) is 85.9 cm³/mol. The zero-order valence-electron chi connectivity index (χ0n) is 11.9. The molecule has 2 nitrogen and oxygen atoms in total. The summed E-state index contributed by atoms with van der Waals surface area (Å²) < 4.78 is 0. The monoisotopic (exact) mass is 286 g/mol. The molecule has 18 heavy (non-hydrogen) atoms. The Bertz CT molecular complexity index is 306. The second kappa shape index (κ2) is 6.56. The summed E-state index contributed by atoms with van der Waals surface area (Å²) in [4.78, 5) is 4.84. The van der Waals surface area contributed by atoms with Crippen LogP contribution in [0, 0.1) is 5.92 Å². The van der Waals surface area contributed by atoms with Gasteiger partial charge in [0.05, 0.1) is 6.04 Å². The molecule has 3 unspecified atom stereocenters. The Kier molecular flexibility index (Phi) is 5.31. The van der Waals surface area contributed by atoms with Crippen molar-refractivity contribution >= 4 is 28.7 Å². The van der Waals surface area contributed by atoms with Crippen molar-refractivity contribution in [2.45, 2.75) is 57.5 Å². The Hall–Kier alpha value is 0.170. The van der Waals surface area contributed by atoms with Gasteiger partial charge >= 0.3 is 0 Å². The number of aliphatic imine (C=N–C) groups is 1. The van der Waals surface area contributed by atoms with Gasteiger partial charge in [-0.1, -0.05) is 31.5 Å². The third kappa shape index (κ3) is 3.83. The van der Waals surface area contributed by atoms with Gasteiger partial charge in [0, 0.05) is 11.3 Å². The minimum absolute atomic E-state index is 0.375. The van der Waals surface area contributed by atoms with Crippen LogP contribution in [0.25, 0.3) is 0 Å². The van der Waals surface area contributed by atoms with Crippen LogP contribution >= 0.6 is 23.5 Å². The quantitative estimate of drug-likeness (QED) is 0.851. The SMILES string of the molecule is CSCCC(C)N=C1NC2(CCCC(C)C2)CS1. The molecule has 1 spiro atoms. The van der Waals surface area contributed by atoms with Crippen LogP contribution in [0.1, 0.15) is 46.0 Å². The standard InChI is InChI=1S/C14H26N2S2/c1-11-5-4-7-14(9-11)10-18-13(16-14)15-12(2)6-8-17-3/h11-12H,4-10H2,1-3H3,(H,15,16). The maximum atomic E-state index is 4.84. The van der Waals surface area contributed by atoms with Crippen molar-refractivity contribution < 1.29 is 0 Å². The summed E-state index contributed by atoms with van der Waals surface area (Å²) in [7, 11) is 0. The van der Waals surface area contributed by atoms with E-state index < -0.39 is 0 Å². The first-order chi connectivity index (χ1) is 8.63. The smallest absolute Gasteiger partial charge is 0.157 e. The van der Waals surface area contributed by atoms with Gasteiger partial charge in [0.2, 0.25) is 0 Å². The van der Waals surface area contributed by atoms with Crippen molar-refractivity contribution in [2.75, 3.05) is 17.8 Å². The number of hydrogen-bond donors (Lipinski definition) is 1. The van der Waals surface area contributed by atoms with Crippen molar-refractivity contribution in [2.24, 2.45) is 10.9 Å². The minimum atomic E-state index is 0.375. The molecule has 0 aromatic rings. The summed E-state index contributed by atoms with van der Waals surface area (Å²) in [5, 5.41) is 4.96. The first-order valence-electron chi connectivity index (χ1n) is 7.11. The molecular formula is C14H26N2S2. The predicted octanol–water partition coefficient (Wildman–Crippen LogP) is 3.77. The highest BCUT2D eigenvalue weighted by atomic mass is 32.2. The van der Waals surface area contributed by atoms with Gasteiger partial charge in [-0.15, -0.1) is 0 Å². The number of hydrogen-bond acceptors (Lipinski definition) is 3. The van der Waals surface area contributed by atoms with Crippen LogP contribution < -0.4 is 5.32 Å². The summed E-state index contributed by atoms with van der Waals surface area (Å²) in [5.41, 5.74) is 0.375. The molecule has 1 aliphatic carbocycles. The zero-order valence-corrected chi connectivity index (χ0v) is 13.5. The normalized spacial score (nSPS) is 35.9. The van der Waals surface area contributed by atoms with Crippen LogP contribution in [0.3, 0.4) is 0 Å². The molecule has 1 N–H and O–H groups in total. The van der Waals surface area contributed by atoms with Crippen molar-refractivity contribution in [3.8, 4) is 0 Å². The van der Waals surface area contributed by atoms with Crippen LogP contribution in [0.15, 0.2) is 4.99 Å². The number of nitrogens with one attached hydrogen (secondary N) is 1. The van der Waals surface area contributed by atoms with Gasteiger partial charge in [-0.25, -0.2) is 0 Å². The van der Waals surface area contributed by atoms with Crippen molar-refractivity contribution in [1.29, 1.82) is 0 Å². The van der Waals surface area contributed by atoms with Crippen molar-refractivity contribution in [3.63, 3.8) is 0 Å². The van der Waals surface area contributed by atoms with Crippen molar-refractivity contribution in [1.82, 2.24) is 5.32 Å². The lowest BCUT2D eigenvalue weighted by Crippen LogP contribution is -2.47. The molecule has 1 saturated heterocycles. The van der Waals surface area contributed by atoms with Gasteiger partial charge in [-0.2, -0.15) is 11.8 Å². The van der Waals surface area contributed by atoms with Gasteiger partial charge in [0.15, 0.2) is 5.17 Å². The Morgan fingerprint density at radius 3 is 3.17 bits per heavy atom. The second-order valence-corrected chi connectivity index (χ2v) is 7.91. The number of thioether (sulfide) groups is 2. The lowest BCUT2D eigenvalue weighted by atomic mass is 9.78. The Morgan fingerprint density at radius 1 is 1.61 bits per heavy atom. The largest absolute Gasteiger partial charge is 0.359 e. The topological polar surface area (TPSA) is 24.4 Å². The molecule has 2 aliphatic rings. The lowest BCUT2D eigenvalue weighted by molar-refractivity contribution is 0.242. The Labute approximate surface area is 120 Å². The third-order valence-electron chi connectivity index (χ3n) is 4.03. The van der Waals surface area contributed by atoms with E-state index in [1.807, 2.05) is 23.5 Å². The summed E-state index contributed by atoms with van der Waals surface area (Å²) >= 11 is 3.86. The molecule has 2 fully saturated rings. The highest BCUT2D eigenvalue weighted by molar-refractivity contribution is 8.14. The molecule has 1 aliphatic heterocycles. The lowest BCUT2D eigenvalue weighted by Gasteiger charge is -2.36. The first-order valence-corrected chi connectivity index (χ1v) is 9.49. The van der Waals surface area contributed by atoms with Gasteiger partial charge in [-0.05, 0) is 44.1 Å². The highest BCUT2D eigenvalue weighted by Crippen LogP contribution is 2.38. The fourth-order valence-corrected chi connectivity index (χ4v) is 4.90. The summed E-state index contributed by atoms with van der Waals surface area (Å²) in [5.74, 6) is 3.32. The minimum Gasteiger partial charge on any atom is -0.359 e.